The molecular weight excluding hydrogens is 336 g/mol. The number of anilines is 1. The van der Waals surface area contributed by atoms with Crippen molar-refractivity contribution in [2.45, 2.75) is 31.8 Å². The summed E-state index contributed by atoms with van der Waals surface area (Å²) in [4.78, 5) is 24.1. The van der Waals surface area contributed by atoms with Gasteiger partial charge in [0.1, 0.15) is 10.7 Å². The van der Waals surface area contributed by atoms with E-state index in [9.17, 15) is 4.79 Å². The molecule has 4 rings (SSSR count). The lowest BCUT2D eigenvalue weighted by molar-refractivity contribution is 0.0690. The first kappa shape index (κ1) is 16.5. The summed E-state index contributed by atoms with van der Waals surface area (Å²) in [5, 5.41) is 12.3. The Morgan fingerprint density at radius 2 is 2.20 bits per heavy atom. The fourth-order valence-electron chi connectivity index (χ4n) is 4.08. The third-order valence-corrected chi connectivity index (χ3v) is 6.40. The molecular formula is C18H22N4O2S. The van der Waals surface area contributed by atoms with Crippen LogP contribution in [0.4, 0.5) is 5.69 Å². The minimum Gasteiger partial charge on any atom is -0.477 e. The van der Waals surface area contributed by atoms with Crippen LogP contribution in [-0.2, 0) is 6.54 Å². The van der Waals surface area contributed by atoms with Crippen LogP contribution in [0.15, 0.2) is 29.9 Å². The molecule has 25 heavy (non-hydrogen) atoms. The Hall–Kier alpha value is -1.99. The summed E-state index contributed by atoms with van der Waals surface area (Å²) in [7, 11) is 2.20. The number of piperidine rings is 1. The lowest BCUT2D eigenvalue weighted by atomic mass is 9.92. The summed E-state index contributed by atoms with van der Waals surface area (Å²) in [5.74, 6) is -0.971. The van der Waals surface area contributed by atoms with Crippen molar-refractivity contribution in [3.63, 3.8) is 0 Å². The smallest absolute Gasteiger partial charge is 0.354 e. The molecule has 2 aromatic rings. The molecule has 1 N–H and O–H groups in total. The van der Waals surface area contributed by atoms with Crippen LogP contribution in [0.3, 0.4) is 0 Å². The van der Waals surface area contributed by atoms with Gasteiger partial charge in [0.25, 0.3) is 0 Å². The number of pyridine rings is 1. The Morgan fingerprint density at radius 1 is 1.40 bits per heavy atom. The molecule has 7 heteroatoms. The molecule has 1 aliphatic carbocycles. The Kier molecular flexibility index (Phi) is 4.21. The number of carboxylic acid groups (broad SMARTS) is 1. The fraction of sp³-hybridized carbons (Fsp3) is 0.500. The minimum absolute atomic E-state index is 0.116. The topological polar surface area (TPSA) is 69.6 Å². The minimum atomic E-state index is -0.971. The van der Waals surface area contributed by atoms with Crippen molar-refractivity contribution < 1.29 is 9.90 Å². The molecule has 0 amide bonds. The van der Waals surface area contributed by atoms with Crippen LogP contribution in [0.1, 0.15) is 34.8 Å². The molecule has 0 aromatic carbocycles. The molecule has 0 bridgehead atoms. The summed E-state index contributed by atoms with van der Waals surface area (Å²) in [6, 6.07) is 4.23. The van der Waals surface area contributed by atoms with Gasteiger partial charge in [-0.1, -0.05) is 0 Å². The molecule has 1 aliphatic heterocycles. The predicted molar refractivity (Wildman–Crippen MR) is 97.1 cm³/mol. The number of thiazole rings is 1. The van der Waals surface area contributed by atoms with E-state index in [1.807, 2.05) is 17.6 Å². The Morgan fingerprint density at radius 3 is 2.88 bits per heavy atom. The van der Waals surface area contributed by atoms with E-state index in [-0.39, 0.29) is 5.69 Å². The highest BCUT2D eigenvalue weighted by atomic mass is 32.1. The van der Waals surface area contributed by atoms with Gasteiger partial charge in [-0.3, -0.25) is 4.90 Å². The van der Waals surface area contributed by atoms with Gasteiger partial charge in [-0.25, -0.2) is 14.8 Å². The maximum Gasteiger partial charge on any atom is 0.354 e. The molecule has 2 aromatic heterocycles. The van der Waals surface area contributed by atoms with E-state index in [1.165, 1.54) is 11.4 Å². The molecule has 1 unspecified atom stereocenters. The Labute approximate surface area is 151 Å². The molecule has 2 aliphatic rings. The molecule has 0 radical (unpaired) electrons. The van der Waals surface area contributed by atoms with Gasteiger partial charge < -0.3 is 10.0 Å². The van der Waals surface area contributed by atoms with Crippen molar-refractivity contribution in [1.82, 2.24) is 14.9 Å². The predicted octanol–water partition coefficient (Wildman–Crippen LogP) is 2.73. The third kappa shape index (κ3) is 3.26. The second-order valence-electron chi connectivity index (χ2n) is 7.11. The van der Waals surface area contributed by atoms with E-state index >= 15 is 0 Å². The summed E-state index contributed by atoms with van der Waals surface area (Å²) < 4.78 is 0. The first-order valence-electron chi connectivity index (χ1n) is 8.60. The molecule has 6 nitrogen and oxygen atoms in total. The molecule has 2 fully saturated rings. The van der Waals surface area contributed by atoms with Crippen LogP contribution < -0.4 is 4.90 Å². The van der Waals surface area contributed by atoms with Crippen LogP contribution in [0, 0.1) is 5.41 Å². The summed E-state index contributed by atoms with van der Waals surface area (Å²) >= 11 is 1.72. The molecule has 3 heterocycles. The summed E-state index contributed by atoms with van der Waals surface area (Å²) in [5.41, 5.74) is 1.52. The number of aromatic nitrogens is 2. The molecule has 1 spiro atoms. The van der Waals surface area contributed by atoms with Crippen LogP contribution in [-0.4, -0.2) is 52.1 Å². The van der Waals surface area contributed by atoms with Gasteiger partial charge in [0, 0.05) is 42.6 Å². The van der Waals surface area contributed by atoms with Gasteiger partial charge in [-0.2, -0.15) is 0 Å². The van der Waals surface area contributed by atoms with Gasteiger partial charge in [-0.15, -0.1) is 11.3 Å². The summed E-state index contributed by atoms with van der Waals surface area (Å²) in [6.45, 7) is 2.88. The highest BCUT2D eigenvalue weighted by Crippen LogP contribution is 2.56. The third-order valence-electron chi connectivity index (χ3n) is 5.63. The first-order chi connectivity index (χ1) is 12.1. The largest absolute Gasteiger partial charge is 0.477 e. The first-order valence-corrected chi connectivity index (χ1v) is 9.48. The van der Waals surface area contributed by atoms with E-state index in [0.29, 0.717) is 11.5 Å². The highest BCUT2D eigenvalue weighted by molar-refractivity contribution is 7.09. The normalized spacial score (nSPS) is 21.7. The van der Waals surface area contributed by atoms with E-state index in [0.717, 1.165) is 38.2 Å². The fourth-order valence-corrected chi connectivity index (χ4v) is 4.76. The van der Waals surface area contributed by atoms with Gasteiger partial charge in [0.05, 0.1) is 6.54 Å². The van der Waals surface area contributed by atoms with Crippen molar-refractivity contribution >= 4 is 23.0 Å². The molecule has 132 valence electrons. The second kappa shape index (κ2) is 6.38. The number of hydrogen-bond acceptors (Lipinski definition) is 6. The number of rotatable bonds is 5. The van der Waals surface area contributed by atoms with Gasteiger partial charge in [0.2, 0.25) is 0 Å². The quantitative estimate of drug-likeness (QED) is 0.886. The molecule has 1 saturated carbocycles. The van der Waals surface area contributed by atoms with Crippen LogP contribution in [0.25, 0.3) is 0 Å². The standard InChI is InChI=1S/C18H22N4O2S/c1-21(12-16-20-6-9-25-16)15-11-18(15)3-7-22(8-4-18)13-2-5-19-14(10-13)17(23)24/h2,5-6,9-10,15H,3-4,7-8,11-12H2,1H3,(H,23,24). The molecule has 1 saturated heterocycles. The number of aromatic carboxylic acids is 1. The Balaban J connectivity index is 1.36. The van der Waals surface area contributed by atoms with Crippen LogP contribution >= 0.6 is 11.3 Å². The van der Waals surface area contributed by atoms with Gasteiger partial charge >= 0.3 is 5.97 Å². The van der Waals surface area contributed by atoms with E-state index < -0.39 is 5.97 Å². The lowest BCUT2D eigenvalue weighted by Crippen LogP contribution is -2.38. The van der Waals surface area contributed by atoms with Crippen LogP contribution in [0.5, 0.6) is 0 Å². The zero-order chi connectivity index (χ0) is 17.4. The highest BCUT2D eigenvalue weighted by Gasteiger charge is 2.56. The lowest BCUT2D eigenvalue weighted by Gasteiger charge is -2.35. The van der Waals surface area contributed by atoms with E-state index in [4.69, 9.17) is 5.11 Å². The Bertz CT molecular complexity index is 756. The van der Waals surface area contributed by atoms with Crippen LogP contribution in [0.2, 0.25) is 0 Å². The van der Waals surface area contributed by atoms with Gasteiger partial charge in [0.15, 0.2) is 0 Å². The summed E-state index contributed by atoms with van der Waals surface area (Å²) in [6.07, 6.45) is 7.04. The average molecular weight is 358 g/mol. The SMILES string of the molecule is CN(Cc1nccs1)C1CC12CCN(c1ccnc(C(=O)O)c1)CC2. The van der Waals surface area contributed by atoms with Crippen molar-refractivity contribution in [3.8, 4) is 0 Å². The van der Waals surface area contributed by atoms with Crippen molar-refractivity contribution in [2.75, 3.05) is 25.0 Å². The second-order valence-corrected chi connectivity index (χ2v) is 8.09. The monoisotopic (exact) mass is 358 g/mol. The maximum absolute atomic E-state index is 11.1. The molecule has 1 atom stereocenters. The van der Waals surface area contributed by atoms with Crippen molar-refractivity contribution in [2.24, 2.45) is 5.41 Å². The maximum atomic E-state index is 11.1. The number of carboxylic acids is 1. The number of nitrogens with zero attached hydrogens (tertiary/aromatic N) is 4. The zero-order valence-electron chi connectivity index (χ0n) is 14.3. The van der Waals surface area contributed by atoms with Crippen molar-refractivity contribution in [3.05, 3.63) is 40.6 Å². The van der Waals surface area contributed by atoms with Gasteiger partial charge in [-0.05, 0) is 43.9 Å². The average Bonchev–Trinajstić information content (AvgIpc) is 3.07. The number of carbonyl (C=O) groups is 1. The van der Waals surface area contributed by atoms with E-state index in [1.54, 1.807) is 23.6 Å². The zero-order valence-corrected chi connectivity index (χ0v) is 15.1. The van der Waals surface area contributed by atoms with E-state index in [2.05, 4.69) is 26.8 Å². The number of hydrogen-bond donors (Lipinski definition) is 1. The van der Waals surface area contributed by atoms with Crippen molar-refractivity contribution in [1.29, 1.82) is 0 Å².